The van der Waals surface area contributed by atoms with Crippen molar-refractivity contribution in [3.63, 3.8) is 0 Å². The number of nitrogens with one attached hydrogen (secondary N) is 1. The minimum atomic E-state index is -0.671. The van der Waals surface area contributed by atoms with Crippen molar-refractivity contribution in [1.29, 1.82) is 0 Å². The Balaban J connectivity index is 3.42. The van der Waals surface area contributed by atoms with Gasteiger partial charge in [-0.05, 0) is 25.7 Å². The Morgan fingerprint density at radius 3 is 1.02 bits per heavy atom. The molecule has 358 valence electrons. The minimum absolute atomic E-state index is 0.00171. The molecular weight excluding hydrogens is 743 g/mol. The van der Waals surface area contributed by atoms with E-state index in [0.29, 0.717) is 25.9 Å². The molecule has 6 heteroatoms. The van der Waals surface area contributed by atoms with Crippen LogP contribution in [0.5, 0.6) is 0 Å². The van der Waals surface area contributed by atoms with Crippen LogP contribution in [0, 0.1) is 0 Å². The fraction of sp³-hybridized carbons (Fsp3) is 0.963. The van der Waals surface area contributed by atoms with Gasteiger partial charge in [-0.3, -0.25) is 9.59 Å². The molecule has 0 aliphatic rings. The summed E-state index contributed by atoms with van der Waals surface area (Å²) in [5.74, 6) is -0.0469. The third-order valence-electron chi connectivity index (χ3n) is 12.9. The number of esters is 1. The van der Waals surface area contributed by atoms with Crippen LogP contribution in [0.3, 0.4) is 0 Å². The second kappa shape index (κ2) is 50.5. The fourth-order valence-electron chi connectivity index (χ4n) is 8.70. The van der Waals surface area contributed by atoms with Gasteiger partial charge in [0.15, 0.2) is 0 Å². The standard InChI is InChI=1S/C54H107NO5/c1-3-5-7-9-11-13-15-17-19-22-26-30-34-38-42-46-52(57)51(50-56)55-53(58)47-43-39-35-31-27-23-21-25-29-33-37-41-45-49-60-54(59)48-44-40-36-32-28-24-20-18-16-14-12-10-8-6-4-2/h51-52,56-57H,3-50H2,1-2H3,(H,55,58). The molecule has 0 aromatic heterocycles. The van der Waals surface area contributed by atoms with Crippen molar-refractivity contribution < 1.29 is 24.5 Å². The number of ether oxygens (including phenoxy) is 1. The Morgan fingerprint density at radius 2 is 0.683 bits per heavy atom. The number of carbonyl (C=O) groups excluding carboxylic acids is 2. The number of hydrogen-bond acceptors (Lipinski definition) is 5. The van der Waals surface area contributed by atoms with Gasteiger partial charge in [0, 0.05) is 12.8 Å². The van der Waals surface area contributed by atoms with Gasteiger partial charge in [-0.1, -0.05) is 271 Å². The summed E-state index contributed by atoms with van der Waals surface area (Å²) >= 11 is 0. The van der Waals surface area contributed by atoms with Crippen molar-refractivity contribution in [1.82, 2.24) is 5.32 Å². The number of amides is 1. The van der Waals surface area contributed by atoms with Crippen LogP contribution in [0.1, 0.15) is 309 Å². The lowest BCUT2D eigenvalue weighted by Crippen LogP contribution is -2.45. The largest absolute Gasteiger partial charge is 0.466 e. The third-order valence-corrected chi connectivity index (χ3v) is 12.9. The van der Waals surface area contributed by atoms with Gasteiger partial charge >= 0.3 is 5.97 Å². The minimum Gasteiger partial charge on any atom is -0.466 e. The van der Waals surface area contributed by atoms with Gasteiger partial charge in [0.1, 0.15) is 0 Å². The van der Waals surface area contributed by atoms with E-state index >= 15 is 0 Å². The number of hydrogen-bond donors (Lipinski definition) is 3. The molecule has 3 N–H and O–H groups in total. The first-order chi connectivity index (χ1) is 29.5. The molecule has 6 nitrogen and oxygen atoms in total. The SMILES string of the molecule is CCCCCCCCCCCCCCCCCC(=O)OCCCCCCCCCCCCCCCC(=O)NC(CO)C(O)CCCCCCCCCCCCCCCCC. The van der Waals surface area contributed by atoms with Gasteiger partial charge in [-0.25, -0.2) is 0 Å². The molecule has 0 spiro atoms. The van der Waals surface area contributed by atoms with Gasteiger partial charge in [0.25, 0.3) is 0 Å². The Morgan fingerprint density at radius 1 is 0.400 bits per heavy atom. The first-order valence-electron chi connectivity index (χ1n) is 27.3. The zero-order valence-corrected chi connectivity index (χ0v) is 40.7. The lowest BCUT2D eigenvalue weighted by Gasteiger charge is -2.22. The molecule has 2 unspecified atom stereocenters. The molecule has 0 heterocycles. The Bertz CT molecular complexity index is 852. The molecule has 0 aliphatic carbocycles. The molecule has 0 bridgehead atoms. The van der Waals surface area contributed by atoms with E-state index in [9.17, 15) is 19.8 Å². The average Bonchev–Trinajstić information content (AvgIpc) is 3.25. The predicted molar refractivity (Wildman–Crippen MR) is 260 cm³/mol. The summed E-state index contributed by atoms with van der Waals surface area (Å²) in [6.07, 6.45) is 56.4. The number of unbranched alkanes of at least 4 members (excludes halogenated alkanes) is 40. The van der Waals surface area contributed by atoms with Crippen LogP contribution < -0.4 is 5.32 Å². The zero-order chi connectivity index (χ0) is 43.7. The molecule has 0 aromatic rings. The second-order valence-electron chi connectivity index (χ2n) is 18.9. The van der Waals surface area contributed by atoms with E-state index in [1.54, 1.807) is 0 Å². The first kappa shape index (κ1) is 58.9. The highest BCUT2D eigenvalue weighted by molar-refractivity contribution is 5.76. The second-order valence-corrected chi connectivity index (χ2v) is 18.9. The lowest BCUT2D eigenvalue weighted by molar-refractivity contribution is -0.143. The van der Waals surface area contributed by atoms with Gasteiger partial charge < -0.3 is 20.3 Å². The molecule has 60 heavy (non-hydrogen) atoms. The van der Waals surface area contributed by atoms with Gasteiger partial charge in [0.2, 0.25) is 5.91 Å². The topological polar surface area (TPSA) is 95.9 Å². The monoisotopic (exact) mass is 850 g/mol. The van der Waals surface area contributed by atoms with Crippen LogP contribution >= 0.6 is 0 Å². The van der Waals surface area contributed by atoms with E-state index in [1.165, 1.54) is 225 Å². The van der Waals surface area contributed by atoms with Crippen LogP contribution in [-0.4, -0.2) is 47.4 Å². The lowest BCUT2D eigenvalue weighted by atomic mass is 10.0. The van der Waals surface area contributed by atoms with E-state index in [1.807, 2.05) is 0 Å². The summed E-state index contributed by atoms with van der Waals surface area (Å²) < 4.78 is 5.47. The normalized spacial score (nSPS) is 12.5. The Kier molecular flexibility index (Phi) is 49.5. The summed E-state index contributed by atoms with van der Waals surface area (Å²) in [7, 11) is 0. The van der Waals surface area contributed by atoms with Gasteiger partial charge in [-0.2, -0.15) is 0 Å². The van der Waals surface area contributed by atoms with Gasteiger partial charge in [0.05, 0.1) is 25.4 Å². The Labute approximate surface area is 375 Å². The van der Waals surface area contributed by atoms with E-state index in [2.05, 4.69) is 19.2 Å². The quantitative estimate of drug-likeness (QED) is 0.0418. The van der Waals surface area contributed by atoms with E-state index in [-0.39, 0.29) is 18.5 Å². The van der Waals surface area contributed by atoms with Crippen LogP contribution in [0.4, 0.5) is 0 Å². The van der Waals surface area contributed by atoms with E-state index in [4.69, 9.17) is 4.74 Å². The maximum Gasteiger partial charge on any atom is 0.305 e. The molecule has 0 saturated heterocycles. The van der Waals surface area contributed by atoms with Crippen molar-refractivity contribution in [2.45, 2.75) is 321 Å². The fourth-order valence-corrected chi connectivity index (χ4v) is 8.70. The van der Waals surface area contributed by atoms with Crippen molar-refractivity contribution in [3.8, 4) is 0 Å². The highest BCUT2D eigenvalue weighted by atomic mass is 16.5. The maximum atomic E-state index is 12.5. The smallest absolute Gasteiger partial charge is 0.305 e. The summed E-state index contributed by atoms with van der Waals surface area (Å²) in [6.45, 7) is 4.95. The summed E-state index contributed by atoms with van der Waals surface area (Å²) in [5, 5.41) is 23.2. The summed E-state index contributed by atoms with van der Waals surface area (Å²) in [6, 6.07) is -0.549. The molecule has 0 aliphatic heterocycles. The molecule has 1 amide bonds. The summed E-state index contributed by atoms with van der Waals surface area (Å²) in [4.78, 5) is 24.5. The average molecular weight is 850 g/mol. The molecule has 0 rings (SSSR count). The first-order valence-corrected chi connectivity index (χ1v) is 27.3. The summed E-state index contributed by atoms with van der Waals surface area (Å²) in [5.41, 5.74) is 0. The van der Waals surface area contributed by atoms with Crippen molar-refractivity contribution in [3.05, 3.63) is 0 Å². The van der Waals surface area contributed by atoms with Gasteiger partial charge in [-0.15, -0.1) is 0 Å². The molecule has 0 radical (unpaired) electrons. The number of aliphatic hydroxyl groups is 2. The zero-order valence-electron chi connectivity index (χ0n) is 40.7. The van der Waals surface area contributed by atoms with Crippen LogP contribution in [-0.2, 0) is 14.3 Å². The van der Waals surface area contributed by atoms with Crippen molar-refractivity contribution in [2.75, 3.05) is 13.2 Å². The van der Waals surface area contributed by atoms with Crippen LogP contribution in [0.2, 0.25) is 0 Å². The maximum absolute atomic E-state index is 12.5. The molecule has 2 atom stereocenters. The highest BCUT2D eigenvalue weighted by Crippen LogP contribution is 2.17. The Hall–Kier alpha value is -1.14. The van der Waals surface area contributed by atoms with E-state index in [0.717, 1.165) is 51.4 Å². The number of carbonyl (C=O) groups is 2. The predicted octanol–water partition coefficient (Wildman–Crippen LogP) is 16.4. The number of aliphatic hydroxyl groups excluding tert-OH is 2. The number of rotatable bonds is 51. The van der Waals surface area contributed by atoms with Crippen molar-refractivity contribution in [2.24, 2.45) is 0 Å². The molecular formula is C54H107NO5. The molecule has 0 saturated carbocycles. The van der Waals surface area contributed by atoms with Crippen LogP contribution in [0.15, 0.2) is 0 Å². The highest BCUT2D eigenvalue weighted by Gasteiger charge is 2.20. The van der Waals surface area contributed by atoms with Crippen molar-refractivity contribution >= 4 is 11.9 Å². The van der Waals surface area contributed by atoms with Crippen LogP contribution in [0.25, 0.3) is 0 Å². The van der Waals surface area contributed by atoms with E-state index < -0.39 is 12.1 Å². The molecule has 0 aromatic carbocycles. The molecule has 0 fully saturated rings. The third kappa shape index (κ3) is 46.4.